The van der Waals surface area contributed by atoms with E-state index in [9.17, 15) is 14.4 Å². The number of rotatable bonds is 7. The second-order valence-electron chi connectivity index (χ2n) is 8.18. The summed E-state index contributed by atoms with van der Waals surface area (Å²) in [5.74, 6) is -0.0341. The van der Waals surface area contributed by atoms with Crippen molar-refractivity contribution in [2.45, 2.75) is 58.6 Å². The molecule has 2 rings (SSSR count). The van der Waals surface area contributed by atoms with Crippen LogP contribution < -0.4 is 16.0 Å². The van der Waals surface area contributed by atoms with Crippen LogP contribution in [0.1, 0.15) is 52.0 Å². The maximum atomic E-state index is 12.2. The summed E-state index contributed by atoms with van der Waals surface area (Å²) in [4.78, 5) is 35.8. The van der Waals surface area contributed by atoms with Crippen molar-refractivity contribution in [2.75, 3.05) is 11.9 Å². The molecule has 0 saturated heterocycles. The molecule has 0 radical (unpaired) electrons. The summed E-state index contributed by atoms with van der Waals surface area (Å²) in [5, 5.41) is 8.01. The van der Waals surface area contributed by atoms with Crippen LogP contribution in [0.15, 0.2) is 36.4 Å². The van der Waals surface area contributed by atoms with Crippen molar-refractivity contribution < 1.29 is 19.1 Å². The van der Waals surface area contributed by atoms with E-state index in [1.807, 2.05) is 24.3 Å². The maximum Gasteiger partial charge on any atom is 0.408 e. The van der Waals surface area contributed by atoms with Gasteiger partial charge in [-0.05, 0) is 57.2 Å². The standard InChI is InChI=1S/C22H31N3O4/c1-22(2,3)29-21(28)24-15-20(27)23-14-17-10-6-7-11-18(17)25-19(26)13-12-16-8-4-5-9-16/h6-7,10-13,16H,4-5,8-9,14-15H2,1-3H3,(H,23,27)(H,24,28)(H,25,26)/b13-12+. The van der Waals surface area contributed by atoms with Crippen LogP contribution in [0.25, 0.3) is 0 Å². The third-order valence-corrected chi connectivity index (χ3v) is 4.46. The van der Waals surface area contributed by atoms with Crippen LogP contribution in [-0.2, 0) is 20.9 Å². The zero-order valence-corrected chi connectivity index (χ0v) is 17.4. The molecule has 158 valence electrons. The van der Waals surface area contributed by atoms with Gasteiger partial charge >= 0.3 is 6.09 Å². The fourth-order valence-corrected chi connectivity index (χ4v) is 3.07. The lowest BCUT2D eigenvalue weighted by Gasteiger charge is -2.19. The van der Waals surface area contributed by atoms with E-state index < -0.39 is 11.7 Å². The molecule has 7 nitrogen and oxygen atoms in total. The molecule has 0 spiro atoms. The van der Waals surface area contributed by atoms with E-state index in [0.29, 0.717) is 11.6 Å². The highest BCUT2D eigenvalue weighted by Gasteiger charge is 2.17. The average Bonchev–Trinajstić information content (AvgIpc) is 3.16. The first-order chi connectivity index (χ1) is 13.7. The Morgan fingerprint density at radius 3 is 2.48 bits per heavy atom. The van der Waals surface area contributed by atoms with E-state index in [-0.39, 0.29) is 24.9 Å². The smallest absolute Gasteiger partial charge is 0.408 e. The Kier molecular flexibility index (Phi) is 8.24. The number of amides is 3. The van der Waals surface area contributed by atoms with Gasteiger partial charge in [0.15, 0.2) is 0 Å². The number of hydrogen-bond donors (Lipinski definition) is 3. The largest absolute Gasteiger partial charge is 0.444 e. The SMILES string of the molecule is CC(C)(C)OC(=O)NCC(=O)NCc1ccccc1NC(=O)/C=C/C1CCCC1. The van der Waals surface area contributed by atoms with Gasteiger partial charge in [0.05, 0.1) is 0 Å². The van der Waals surface area contributed by atoms with Gasteiger partial charge in [-0.3, -0.25) is 9.59 Å². The molecule has 1 saturated carbocycles. The van der Waals surface area contributed by atoms with Crippen LogP contribution in [0, 0.1) is 5.92 Å². The fourth-order valence-electron chi connectivity index (χ4n) is 3.07. The molecule has 1 aromatic carbocycles. The maximum absolute atomic E-state index is 12.2. The number of para-hydroxylation sites is 1. The minimum absolute atomic E-state index is 0.178. The normalized spacial score (nSPS) is 14.6. The molecular weight excluding hydrogens is 370 g/mol. The average molecular weight is 402 g/mol. The topological polar surface area (TPSA) is 96.5 Å². The van der Waals surface area contributed by atoms with Crippen molar-refractivity contribution in [3.63, 3.8) is 0 Å². The molecule has 1 aliphatic carbocycles. The van der Waals surface area contributed by atoms with Crippen molar-refractivity contribution in [1.82, 2.24) is 10.6 Å². The highest BCUT2D eigenvalue weighted by atomic mass is 16.6. The lowest BCUT2D eigenvalue weighted by molar-refractivity contribution is -0.120. The van der Waals surface area contributed by atoms with Crippen LogP contribution in [0.2, 0.25) is 0 Å². The van der Waals surface area contributed by atoms with Crippen molar-refractivity contribution >= 4 is 23.6 Å². The van der Waals surface area contributed by atoms with E-state index in [4.69, 9.17) is 4.74 Å². The molecule has 1 fully saturated rings. The number of carbonyl (C=O) groups excluding carboxylic acids is 3. The molecule has 0 unspecified atom stereocenters. The van der Waals surface area contributed by atoms with Crippen LogP contribution in [0.4, 0.5) is 10.5 Å². The van der Waals surface area contributed by atoms with Crippen molar-refractivity contribution in [1.29, 1.82) is 0 Å². The minimum Gasteiger partial charge on any atom is -0.444 e. The molecule has 1 aromatic rings. The Bertz CT molecular complexity index is 747. The highest BCUT2D eigenvalue weighted by Crippen LogP contribution is 2.25. The molecule has 3 N–H and O–H groups in total. The summed E-state index contributed by atoms with van der Waals surface area (Å²) in [6, 6.07) is 7.29. The first-order valence-corrected chi connectivity index (χ1v) is 10.0. The Morgan fingerprint density at radius 1 is 1.10 bits per heavy atom. The van der Waals surface area contributed by atoms with Gasteiger partial charge in [0.1, 0.15) is 12.1 Å². The van der Waals surface area contributed by atoms with Crippen LogP contribution in [0.5, 0.6) is 0 Å². The van der Waals surface area contributed by atoms with E-state index in [0.717, 1.165) is 18.4 Å². The van der Waals surface area contributed by atoms with Crippen molar-refractivity contribution in [2.24, 2.45) is 5.92 Å². The Balaban J connectivity index is 1.81. The van der Waals surface area contributed by atoms with Gasteiger partial charge in [-0.2, -0.15) is 0 Å². The van der Waals surface area contributed by atoms with E-state index in [1.165, 1.54) is 12.8 Å². The van der Waals surface area contributed by atoms with Crippen LogP contribution in [0.3, 0.4) is 0 Å². The Hall–Kier alpha value is -2.83. The summed E-state index contributed by atoms with van der Waals surface area (Å²) in [5.41, 5.74) is 0.805. The molecule has 1 aliphatic rings. The summed E-state index contributed by atoms with van der Waals surface area (Å²) < 4.78 is 5.09. The fraction of sp³-hybridized carbons (Fsp3) is 0.500. The quantitative estimate of drug-likeness (QED) is 0.609. The predicted octanol–water partition coefficient (Wildman–Crippen LogP) is 3.51. The van der Waals surface area contributed by atoms with Gasteiger partial charge in [-0.25, -0.2) is 4.79 Å². The number of carbonyl (C=O) groups is 3. The monoisotopic (exact) mass is 401 g/mol. The number of allylic oxidation sites excluding steroid dienone is 1. The number of alkyl carbamates (subject to hydrolysis) is 1. The number of nitrogens with one attached hydrogen (secondary N) is 3. The number of ether oxygens (including phenoxy) is 1. The third kappa shape index (κ3) is 8.81. The van der Waals surface area contributed by atoms with E-state index in [2.05, 4.69) is 16.0 Å². The van der Waals surface area contributed by atoms with Gasteiger partial charge in [-0.15, -0.1) is 0 Å². The van der Waals surface area contributed by atoms with E-state index >= 15 is 0 Å². The summed E-state index contributed by atoms with van der Waals surface area (Å²) in [7, 11) is 0. The van der Waals surface area contributed by atoms with Crippen molar-refractivity contribution in [3.05, 3.63) is 42.0 Å². The predicted molar refractivity (Wildman–Crippen MR) is 112 cm³/mol. The van der Waals surface area contributed by atoms with Gasteiger partial charge in [0.25, 0.3) is 0 Å². The number of benzene rings is 1. The summed E-state index contributed by atoms with van der Waals surface area (Å²) in [6.07, 6.45) is 7.66. The second-order valence-corrected chi connectivity index (χ2v) is 8.18. The highest BCUT2D eigenvalue weighted by molar-refractivity contribution is 5.99. The Labute approximate surface area is 172 Å². The molecule has 0 aromatic heterocycles. The lowest BCUT2D eigenvalue weighted by atomic mass is 10.1. The lowest BCUT2D eigenvalue weighted by Crippen LogP contribution is -2.39. The van der Waals surface area contributed by atoms with Crippen molar-refractivity contribution in [3.8, 4) is 0 Å². The van der Waals surface area contributed by atoms with Gasteiger partial charge in [0, 0.05) is 12.2 Å². The molecular formula is C22H31N3O4. The summed E-state index contributed by atoms with van der Waals surface area (Å²) in [6.45, 7) is 5.30. The zero-order valence-electron chi connectivity index (χ0n) is 17.4. The van der Waals surface area contributed by atoms with Gasteiger partial charge in [0.2, 0.25) is 11.8 Å². The van der Waals surface area contributed by atoms with Crippen LogP contribution >= 0.6 is 0 Å². The molecule has 7 heteroatoms. The summed E-state index contributed by atoms with van der Waals surface area (Å²) >= 11 is 0. The number of hydrogen-bond acceptors (Lipinski definition) is 4. The third-order valence-electron chi connectivity index (χ3n) is 4.46. The molecule has 29 heavy (non-hydrogen) atoms. The number of anilines is 1. The molecule has 0 atom stereocenters. The van der Waals surface area contributed by atoms with Gasteiger partial charge < -0.3 is 20.7 Å². The minimum atomic E-state index is -0.644. The second kappa shape index (κ2) is 10.6. The molecule has 0 bridgehead atoms. The van der Waals surface area contributed by atoms with Gasteiger partial charge in [-0.1, -0.05) is 37.1 Å². The van der Waals surface area contributed by atoms with Crippen LogP contribution in [-0.4, -0.2) is 30.1 Å². The molecule has 0 aliphatic heterocycles. The first kappa shape index (κ1) is 22.5. The molecule has 0 heterocycles. The zero-order chi connectivity index (χ0) is 21.3. The first-order valence-electron chi connectivity index (χ1n) is 10.0. The molecule has 3 amide bonds. The Morgan fingerprint density at radius 2 is 1.79 bits per heavy atom. The van der Waals surface area contributed by atoms with E-state index in [1.54, 1.807) is 32.9 Å².